The van der Waals surface area contributed by atoms with Crippen LogP contribution in [0, 0.1) is 0 Å². The van der Waals surface area contributed by atoms with Gasteiger partial charge in [0.15, 0.2) is 0 Å². The van der Waals surface area contributed by atoms with Gasteiger partial charge in [-0.15, -0.1) is 0 Å². The van der Waals surface area contributed by atoms with Crippen molar-refractivity contribution < 1.29 is 14.6 Å². The molecule has 0 atom stereocenters. The van der Waals surface area contributed by atoms with E-state index in [4.69, 9.17) is 9.84 Å². The molecule has 19 heavy (non-hydrogen) atoms. The average Bonchev–Trinajstić information content (AvgIpc) is 2.41. The largest absolute Gasteiger partial charge is 0.478 e. The van der Waals surface area contributed by atoms with Gasteiger partial charge in [-0.05, 0) is 0 Å². The average molecular weight is 265 g/mol. The lowest BCUT2D eigenvalue weighted by Crippen LogP contribution is -2.37. The van der Waals surface area contributed by atoms with Crippen LogP contribution in [0.15, 0.2) is 29.2 Å². The van der Waals surface area contributed by atoms with Crippen LogP contribution >= 0.6 is 0 Å². The van der Waals surface area contributed by atoms with E-state index in [1.54, 1.807) is 6.20 Å². The number of carboxylic acids is 1. The zero-order valence-corrected chi connectivity index (χ0v) is 10.4. The molecule has 7 nitrogen and oxygen atoms in total. The fourth-order valence-electron chi connectivity index (χ4n) is 1.79. The number of carboxylic acid groups (broad SMARTS) is 1. The van der Waals surface area contributed by atoms with Crippen molar-refractivity contribution in [3.8, 4) is 0 Å². The number of rotatable bonds is 4. The van der Waals surface area contributed by atoms with Crippen LogP contribution in [0.25, 0.3) is 0 Å². The van der Waals surface area contributed by atoms with Crippen molar-refractivity contribution in [2.75, 3.05) is 31.2 Å². The summed E-state index contributed by atoms with van der Waals surface area (Å²) in [7, 11) is 0. The fourth-order valence-corrected chi connectivity index (χ4v) is 1.79. The van der Waals surface area contributed by atoms with E-state index in [-0.39, 0.29) is 17.7 Å². The number of aromatic nitrogens is 2. The molecule has 2 rings (SSSR count). The third kappa shape index (κ3) is 3.19. The van der Waals surface area contributed by atoms with Gasteiger partial charge in [-0.1, -0.05) is 6.58 Å². The van der Waals surface area contributed by atoms with Crippen LogP contribution in [-0.4, -0.2) is 47.2 Å². The molecule has 0 aliphatic carbocycles. The number of hydrogen-bond acceptors (Lipinski definition) is 5. The van der Waals surface area contributed by atoms with Crippen molar-refractivity contribution in [3.05, 3.63) is 34.8 Å². The number of aliphatic carboxylic acids is 1. The second-order valence-electron chi connectivity index (χ2n) is 4.22. The first kappa shape index (κ1) is 13.3. The highest BCUT2D eigenvalue weighted by molar-refractivity contribution is 5.85. The number of ether oxygens (including phenoxy) is 1. The second kappa shape index (κ2) is 5.66. The van der Waals surface area contributed by atoms with E-state index in [9.17, 15) is 9.59 Å². The molecule has 1 N–H and O–H groups in total. The molecule has 0 amide bonds. The van der Waals surface area contributed by atoms with Gasteiger partial charge < -0.3 is 14.7 Å². The second-order valence-corrected chi connectivity index (χ2v) is 4.22. The maximum Gasteiger partial charge on any atom is 0.332 e. The first-order chi connectivity index (χ1) is 9.08. The number of nitrogens with zero attached hydrogens (tertiary/aromatic N) is 3. The third-order valence-corrected chi connectivity index (χ3v) is 2.87. The lowest BCUT2D eigenvalue weighted by atomic mass is 10.3. The van der Waals surface area contributed by atoms with E-state index in [2.05, 4.69) is 11.7 Å². The van der Waals surface area contributed by atoms with E-state index < -0.39 is 5.97 Å². The Bertz CT molecular complexity index is 546. The van der Waals surface area contributed by atoms with E-state index >= 15 is 0 Å². The molecule has 0 bridgehead atoms. The Labute approximate surface area is 109 Å². The normalized spacial score (nSPS) is 15.3. The van der Waals surface area contributed by atoms with Crippen LogP contribution in [0.2, 0.25) is 0 Å². The van der Waals surface area contributed by atoms with Crippen molar-refractivity contribution in [1.29, 1.82) is 0 Å². The lowest BCUT2D eigenvalue weighted by Gasteiger charge is -2.28. The van der Waals surface area contributed by atoms with Gasteiger partial charge in [0.05, 0.1) is 37.2 Å². The van der Waals surface area contributed by atoms with Crippen LogP contribution in [0.3, 0.4) is 0 Å². The Kier molecular flexibility index (Phi) is 3.96. The highest BCUT2D eigenvalue weighted by Gasteiger charge is 2.13. The molecule has 1 aromatic rings. The molecule has 1 aromatic heterocycles. The number of hydrogen-bond donors (Lipinski definition) is 1. The smallest absolute Gasteiger partial charge is 0.332 e. The SMILES string of the molecule is C=C(Cn1ncc(N2CCOCC2)cc1=O)C(=O)O. The van der Waals surface area contributed by atoms with Crippen LogP contribution < -0.4 is 10.5 Å². The van der Waals surface area contributed by atoms with E-state index in [0.717, 1.165) is 10.4 Å². The maximum absolute atomic E-state index is 11.8. The number of morpholine rings is 1. The van der Waals surface area contributed by atoms with Gasteiger partial charge in [-0.2, -0.15) is 5.10 Å². The Balaban J connectivity index is 2.15. The van der Waals surface area contributed by atoms with Gasteiger partial charge in [0.2, 0.25) is 0 Å². The van der Waals surface area contributed by atoms with Crippen molar-refractivity contribution in [2.45, 2.75) is 6.54 Å². The van der Waals surface area contributed by atoms with Crippen LogP contribution in [0.4, 0.5) is 5.69 Å². The summed E-state index contributed by atoms with van der Waals surface area (Å²) in [6, 6.07) is 1.45. The quantitative estimate of drug-likeness (QED) is 0.754. The molecule has 0 radical (unpaired) electrons. The Morgan fingerprint density at radius 1 is 1.47 bits per heavy atom. The third-order valence-electron chi connectivity index (χ3n) is 2.87. The molecular weight excluding hydrogens is 250 g/mol. The molecule has 2 heterocycles. The zero-order chi connectivity index (χ0) is 13.8. The summed E-state index contributed by atoms with van der Waals surface area (Å²) in [6.07, 6.45) is 1.56. The molecule has 0 unspecified atom stereocenters. The van der Waals surface area contributed by atoms with Gasteiger partial charge in [0.25, 0.3) is 5.56 Å². The van der Waals surface area contributed by atoms with Crippen molar-refractivity contribution in [3.63, 3.8) is 0 Å². The number of anilines is 1. The van der Waals surface area contributed by atoms with Crippen molar-refractivity contribution >= 4 is 11.7 Å². The molecule has 0 aromatic carbocycles. The summed E-state index contributed by atoms with van der Waals surface area (Å²) in [5, 5.41) is 12.7. The van der Waals surface area contributed by atoms with Crippen LogP contribution in [0.5, 0.6) is 0 Å². The zero-order valence-electron chi connectivity index (χ0n) is 10.4. The molecule has 0 saturated carbocycles. The molecular formula is C12H15N3O4. The molecule has 1 aliphatic heterocycles. The lowest BCUT2D eigenvalue weighted by molar-refractivity contribution is -0.132. The molecule has 7 heteroatoms. The van der Waals surface area contributed by atoms with E-state index in [1.165, 1.54) is 6.07 Å². The Hall–Kier alpha value is -2.15. The highest BCUT2D eigenvalue weighted by atomic mass is 16.5. The predicted octanol–water partition coefficient (Wildman–Crippen LogP) is -0.279. The molecule has 1 aliphatic rings. The molecule has 0 spiro atoms. The summed E-state index contributed by atoms with van der Waals surface area (Å²) < 4.78 is 6.32. The van der Waals surface area contributed by atoms with Gasteiger partial charge >= 0.3 is 5.97 Å². The summed E-state index contributed by atoms with van der Waals surface area (Å²) >= 11 is 0. The van der Waals surface area contributed by atoms with E-state index in [1.807, 2.05) is 4.90 Å². The van der Waals surface area contributed by atoms with Gasteiger partial charge in [0.1, 0.15) is 0 Å². The number of carbonyl (C=O) groups is 1. The Morgan fingerprint density at radius 2 is 2.16 bits per heavy atom. The topological polar surface area (TPSA) is 84.7 Å². The summed E-state index contributed by atoms with van der Waals surface area (Å²) in [5.41, 5.74) is 0.311. The monoisotopic (exact) mass is 265 g/mol. The fraction of sp³-hybridized carbons (Fsp3) is 0.417. The minimum Gasteiger partial charge on any atom is -0.478 e. The summed E-state index contributed by atoms with van der Waals surface area (Å²) in [5.74, 6) is -1.13. The van der Waals surface area contributed by atoms with Gasteiger partial charge in [-0.3, -0.25) is 4.79 Å². The van der Waals surface area contributed by atoms with Gasteiger partial charge in [0, 0.05) is 19.2 Å². The van der Waals surface area contributed by atoms with E-state index in [0.29, 0.717) is 26.3 Å². The van der Waals surface area contributed by atoms with Crippen LogP contribution in [0.1, 0.15) is 0 Å². The maximum atomic E-state index is 11.8. The molecule has 1 saturated heterocycles. The summed E-state index contributed by atoms with van der Waals surface area (Å²) in [6.45, 7) is 5.94. The predicted molar refractivity (Wildman–Crippen MR) is 68.3 cm³/mol. The highest BCUT2D eigenvalue weighted by Crippen LogP contribution is 2.11. The van der Waals surface area contributed by atoms with Crippen LogP contribution in [-0.2, 0) is 16.1 Å². The minimum absolute atomic E-state index is 0.0753. The first-order valence-corrected chi connectivity index (χ1v) is 5.89. The minimum atomic E-state index is -1.13. The molecule has 102 valence electrons. The van der Waals surface area contributed by atoms with Crippen molar-refractivity contribution in [1.82, 2.24) is 9.78 Å². The molecule has 1 fully saturated rings. The first-order valence-electron chi connectivity index (χ1n) is 5.89. The standard InChI is InChI=1S/C12H15N3O4/c1-9(12(17)18)8-15-11(16)6-10(7-13-15)14-2-4-19-5-3-14/h6-7H,1-5,8H2,(H,17,18). The van der Waals surface area contributed by atoms with Gasteiger partial charge in [-0.25, -0.2) is 9.48 Å². The Morgan fingerprint density at radius 3 is 2.74 bits per heavy atom. The van der Waals surface area contributed by atoms with Crippen molar-refractivity contribution in [2.24, 2.45) is 0 Å². The summed E-state index contributed by atoms with van der Waals surface area (Å²) in [4.78, 5) is 24.5.